The smallest absolute Gasteiger partial charge is 0.462 e. The van der Waals surface area contributed by atoms with E-state index < -0.39 is 26.5 Å². The molecular formula is C66H130NO8P. The van der Waals surface area contributed by atoms with Crippen LogP contribution in [0.25, 0.3) is 0 Å². The molecular weight excluding hydrogens is 966 g/mol. The third-order valence-corrected chi connectivity index (χ3v) is 16.4. The van der Waals surface area contributed by atoms with Crippen molar-refractivity contribution in [2.75, 3.05) is 26.4 Å². The molecule has 2 atom stereocenters. The van der Waals surface area contributed by atoms with E-state index in [4.69, 9.17) is 24.3 Å². The second kappa shape index (κ2) is 62.9. The highest BCUT2D eigenvalue weighted by atomic mass is 31.2. The Labute approximate surface area is 472 Å². The summed E-state index contributed by atoms with van der Waals surface area (Å²) in [5, 5.41) is 0. The van der Waals surface area contributed by atoms with Crippen LogP contribution < -0.4 is 5.73 Å². The van der Waals surface area contributed by atoms with Crippen LogP contribution in [-0.4, -0.2) is 49.3 Å². The molecule has 2 unspecified atom stereocenters. The molecule has 9 nitrogen and oxygen atoms in total. The van der Waals surface area contributed by atoms with Gasteiger partial charge in [-0.15, -0.1) is 0 Å². The fraction of sp³-hybridized carbons (Fsp3) is 0.939. The number of hydrogen-bond acceptors (Lipinski definition) is 8. The van der Waals surface area contributed by atoms with Gasteiger partial charge in [0, 0.05) is 19.4 Å². The molecule has 0 aliphatic heterocycles. The lowest BCUT2D eigenvalue weighted by molar-refractivity contribution is -0.161. The number of esters is 2. The van der Waals surface area contributed by atoms with E-state index in [1.807, 2.05) is 0 Å². The van der Waals surface area contributed by atoms with Crippen LogP contribution in [0.3, 0.4) is 0 Å². The molecule has 0 heterocycles. The molecule has 452 valence electrons. The maximum atomic E-state index is 12.7. The Hall–Kier alpha value is -1.25. The fourth-order valence-electron chi connectivity index (χ4n) is 10.4. The third-order valence-electron chi connectivity index (χ3n) is 15.4. The van der Waals surface area contributed by atoms with Crippen LogP contribution in [0.1, 0.15) is 367 Å². The zero-order valence-corrected chi connectivity index (χ0v) is 51.7. The molecule has 0 amide bonds. The molecule has 10 heteroatoms. The average molecular weight is 1100 g/mol. The number of phosphoric acid groups is 1. The number of carbonyl (C=O) groups is 2. The molecule has 0 aliphatic rings. The van der Waals surface area contributed by atoms with E-state index in [0.29, 0.717) is 6.42 Å². The average Bonchev–Trinajstić information content (AvgIpc) is 3.41. The first-order valence-electron chi connectivity index (χ1n) is 33.7. The second-order valence-electron chi connectivity index (χ2n) is 23.1. The molecule has 0 aliphatic carbocycles. The molecule has 0 saturated carbocycles. The first kappa shape index (κ1) is 74.8. The van der Waals surface area contributed by atoms with Crippen LogP contribution in [0.5, 0.6) is 0 Å². The Balaban J connectivity index is 3.83. The minimum atomic E-state index is -4.39. The van der Waals surface area contributed by atoms with Crippen molar-refractivity contribution in [3.8, 4) is 0 Å². The number of nitrogens with two attached hydrogens (primary N) is 1. The lowest BCUT2D eigenvalue weighted by atomic mass is 10.0. The van der Waals surface area contributed by atoms with Crippen LogP contribution in [0, 0.1) is 0 Å². The van der Waals surface area contributed by atoms with Gasteiger partial charge in [0.15, 0.2) is 6.10 Å². The van der Waals surface area contributed by atoms with Crippen LogP contribution in [0.4, 0.5) is 0 Å². The number of carbonyl (C=O) groups excluding carboxylic acids is 2. The molecule has 0 bridgehead atoms. The summed E-state index contributed by atoms with van der Waals surface area (Å²) in [7, 11) is -4.39. The highest BCUT2D eigenvalue weighted by Crippen LogP contribution is 2.43. The fourth-order valence-corrected chi connectivity index (χ4v) is 11.2. The summed E-state index contributed by atoms with van der Waals surface area (Å²) in [6, 6.07) is 0. The predicted octanol–water partition coefficient (Wildman–Crippen LogP) is 21.6. The molecule has 0 radical (unpaired) electrons. The maximum absolute atomic E-state index is 12.7. The van der Waals surface area contributed by atoms with Gasteiger partial charge in [-0.05, 0) is 38.5 Å². The first-order chi connectivity index (χ1) is 37.3. The van der Waals surface area contributed by atoms with Crippen molar-refractivity contribution in [3.05, 3.63) is 12.2 Å². The van der Waals surface area contributed by atoms with Crippen molar-refractivity contribution < 1.29 is 37.6 Å². The zero-order valence-electron chi connectivity index (χ0n) is 50.8. The van der Waals surface area contributed by atoms with Crippen molar-refractivity contribution in [1.29, 1.82) is 0 Å². The molecule has 0 aromatic carbocycles. The molecule has 0 aromatic rings. The lowest BCUT2D eigenvalue weighted by Gasteiger charge is -2.19. The summed E-state index contributed by atoms with van der Waals surface area (Å²) in [4.78, 5) is 35.3. The summed E-state index contributed by atoms with van der Waals surface area (Å²) >= 11 is 0. The van der Waals surface area contributed by atoms with Gasteiger partial charge in [-0.3, -0.25) is 18.6 Å². The van der Waals surface area contributed by atoms with Crippen LogP contribution in [-0.2, 0) is 32.7 Å². The van der Waals surface area contributed by atoms with Crippen LogP contribution in [0.15, 0.2) is 12.2 Å². The van der Waals surface area contributed by atoms with Crippen molar-refractivity contribution in [3.63, 3.8) is 0 Å². The minimum Gasteiger partial charge on any atom is -0.462 e. The van der Waals surface area contributed by atoms with Crippen molar-refractivity contribution in [2.45, 2.75) is 373 Å². The van der Waals surface area contributed by atoms with Gasteiger partial charge in [-0.2, -0.15) is 0 Å². The van der Waals surface area contributed by atoms with E-state index in [0.717, 1.165) is 32.1 Å². The Bertz CT molecular complexity index is 1250. The monoisotopic (exact) mass is 1100 g/mol. The largest absolute Gasteiger partial charge is 0.472 e. The van der Waals surface area contributed by atoms with Crippen LogP contribution in [0.2, 0.25) is 0 Å². The van der Waals surface area contributed by atoms with Crippen molar-refractivity contribution >= 4 is 19.8 Å². The molecule has 0 rings (SSSR count). The number of ether oxygens (including phenoxy) is 2. The highest BCUT2D eigenvalue weighted by molar-refractivity contribution is 7.47. The highest BCUT2D eigenvalue weighted by Gasteiger charge is 2.26. The van der Waals surface area contributed by atoms with E-state index in [2.05, 4.69) is 26.0 Å². The van der Waals surface area contributed by atoms with Gasteiger partial charge in [-0.25, -0.2) is 4.57 Å². The standard InChI is InChI=1S/C66H130NO8P/c1-3-5-7-9-11-13-15-17-19-21-23-25-27-29-30-31-32-33-35-36-38-40-42-44-46-48-50-52-54-56-58-65(68)72-62-64(63-74-76(70,71)73-61-60-67)75-66(69)59-57-55-53-51-49-47-45-43-41-39-37-34-28-26-24-22-20-18-16-14-12-10-8-6-4-2/h22,24,64H,3-21,23,25-63,67H2,1-2H3,(H,70,71)/b24-22-. The Morgan fingerprint density at radius 2 is 0.645 bits per heavy atom. The Morgan fingerprint density at radius 1 is 0.382 bits per heavy atom. The quantitative estimate of drug-likeness (QED) is 0.0264. The van der Waals surface area contributed by atoms with E-state index >= 15 is 0 Å². The summed E-state index contributed by atoms with van der Waals surface area (Å²) in [5.41, 5.74) is 5.40. The van der Waals surface area contributed by atoms with Gasteiger partial charge >= 0.3 is 19.8 Å². The summed E-state index contributed by atoms with van der Waals surface area (Å²) in [6.07, 6.45) is 74.5. The minimum absolute atomic E-state index is 0.0573. The molecule has 0 fully saturated rings. The zero-order chi connectivity index (χ0) is 55.2. The van der Waals surface area contributed by atoms with Gasteiger partial charge in [0.2, 0.25) is 0 Å². The van der Waals surface area contributed by atoms with Gasteiger partial charge in [-0.1, -0.05) is 328 Å². The van der Waals surface area contributed by atoms with E-state index in [1.54, 1.807) is 0 Å². The molecule has 0 spiro atoms. The number of rotatable bonds is 65. The lowest BCUT2D eigenvalue weighted by Crippen LogP contribution is -2.29. The Morgan fingerprint density at radius 3 is 0.934 bits per heavy atom. The molecule has 76 heavy (non-hydrogen) atoms. The summed E-state index contributed by atoms with van der Waals surface area (Å²) < 4.78 is 33.2. The normalized spacial score (nSPS) is 12.9. The number of allylic oxidation sites excluding steroid dienone is 2. The third kappa shape index (κ3) is 62.0. The number of hydrogen-bond donors (Lipinski definition) is 2. The maximum Gasteiger partial charge on any atom is 0.472 e. The van der Waals surface area contributed by atoms with Gasteiger partial charge < -0.3 is 20.1 Å². The second-order valence-corrected chi connectivity index (χ2v) is 24.5. The van der Waals surface area contributed by atoms with E-state index in [9.17, 15) is 19.0 Å². The topological polar surface area (TPSA) is 134 Å². The Kier molecular flexibility index (Phi) is 61.9. The van der Waals surface area contributed by atoms with Crippen molar-refractivity contribution in [1.82, 2.24) is 0 Å². The van der Waals surface area contributed by atoms with Gasteiger partial charge in [0.05, 0.1) is 13.2 Å². The van der Waals surface area contributed by atoms with Crippen molar-refractivity contribution in [2.24, 2.45) is 5.73 Å². The summed E-state index contributed by atoms with van der Waals surface area (Å²) in [6.45, 7) is 3.83. The van der Waals surface area contributed by atoms with E-state index in [1.165, 1.54) is 302 Å². The molecule has 0 aromatic heterocycles. The SMILES string of the molecule is CCCCCCCCCC/C=C\CCCCCCCCCCCCCCCC(=O)OC(COC(=O)CCCCCCCCCCCCCCCCCCCCCCCCCCCCCCCC)COP(=O)(O)OCCN. The van der Waals surface area contributed by atoms with Gasteiger partial charge in [0.1, 0.15) is 6.61 Å². The molecule has 3 N–H and O–H groups in total. The van der Waals surface area contributed by atoms with Gasteiger partial charge in [0.25, 0.3) is 0 Å². The predicted molar refractivity (Wildman–Crippen MR) is 326 cm³/mol. The summed E-state index contributed by atoms with van der Waals surface area (Å²) in [5.74, 6) is -0.803. The number of unbranched alkanes of at least 4 members (excludes halogenated alkanes) is 50. The van der Waals surface area contributed by atoms with E-state index in [-0.39, 0.29) is 38.6 Å². The number of phosphoric ester groups is 1. The van der Waals surface area contributed by atoms with Crippen LogP contribution >= 0.6 is 7.82 Å². The molecule has 0 saturated heterocycles. The first-order valence-corrected chi connectivity index (χ1v) is 35.2.